The maximum atomic E-state index is 13.9. The van der Waals surface area contributed by atoms with Crippen molar-refractivity contribution in [3.05, 3.63) is 29.8 Å². The van der Waals surface area contributed by atoms with Crippen molar-refractivity contribution in [2.24, 2.45) is 0 Å². The Morgan fingerprint density at radius 2 is 2.37 bits per heavy atom. The Morgan fingerprint density at radius 1 is 1.58 bits per heavy atom. The Kier molecular flexibility index (Phi) is 3.02. The molecule has 102 valence electrons. The summed E-state index contributed by atoms with van der Waals surface area (Å²) in [5.74, 6) is 0.649. The monoisotopic (exact) mass is 282 g/mol. The molecule has 5 heteroatoms. The third kappa shape index (κ3) is 1.77. The first kappa shape index (κ1) is 12.9. The molecule has 1 aromatic carbocycles. The second-order valence-electron chi connectivity index (χ2n) is 5.22. The second-order valence-corrected chi connectivity index (χ2v) is 5.49. The Bertz CT molecular complexity index is 627. The summed E-state index contributed by atoms with van der Waals surface area (Å²) < 4.78 is 21.6. The molecule has 0 saturated carbocycles. The molecular formula is C14H16ClFN2O. The zero-order valence-electron chi connectivity index (χ0n) is 11.0. The van der Waals surface area contributed by atoms with E-state index in [4.69, 9.17) is 16.3 Å². The number of rotatable bonds is 2. The number of benzene rings is 1. The first-order valence-corrected chi connectivity index (χ1v) is 6.95. The van der Waals surface area contributed by atoms with Crippen molar-refractivity contribution in [2.45, 2.75) is 37.8 Å². The number of hydrogen-bond acceptors (Lipinski definition) is 2. The third-order valence-corrected chi connectivity index (χ3v) is 4.43. The zero-order valence-corrected chi connectivity index (χ0v) is 11.7. The van der Waals surface area contributed by atoms with Crippen LogP contribution in [-0.2, 0) is 16.2 Å². The van der Waals surface area contributed by atoms with E-state index in [1.165, 1.54) is 6.07 Å². The Balaban J connectivity index is 2.30. The fourth-order valence-electron chi connectivity index (χ4n) is 2.89. The molecule has 0 N–H and O–H groups in total. The minimum atomic E-state index is -0.308. The van der Waals surface area contributed by atoms with Crippen molar-refractivity contribution in [1.82, 2.24) is 9.55 Å². The fourth-order valence-corrected chi connectivity index (χ4v) is 3.07. The lowest BCUT2D eigenvalue weighted by Gasteiger charge is -2.31. The van der Waals surface area contributed by atoms with Gasteiger partial charge in [-0.1, -0.05) is 6.07 Å². The number of hydrogen-bond donors (Lipinski definition) is 0. The van der Waals surface area contributed by atoms with Crippen LogP contribution in [0.5, 0.6) is 0 Å². The lowest BCUT2D eigenvalue weighted by molar-refractivity contribution is 0.0766. The Hall–Kier alpha value is -1.13. The van der Waals surface area contributed by atoms with Gasteiger partial charge >= 0.3 is 0 Å². The van der Waals surface area contributed by atoms with E-state index in [0.29, 0.717) is 17.9 Å². The van der Waals surface area contributed by atoms with Crippen LogP contribution in [0.2, 0.25) is 0 Å². The van der Waals surface area contributed by atoms with Gasteiger partial charge < -0.3 is 9.30 Å². The molecule has 1 saturated heterocycles. The summed E-state index contributed by atoms with van der Waals surface area (Å²) in [5, 5.41) is 0. The average molecular weight is 283 g/mol. The summed E-state index contributed by atoms with van der Waals surface area (Å²) in [6, 6.07) is 5.02. The van der Waals surface area contributed by atoms with Crippen LogP contribution in [0.3, 0.4) is 0 Å². The molecule has 0 amide bonds. The largest absolute Gasteiger partial charge is 0.376 e. The van der Waals surface area contributed by atoms with E-state index in [2.05, 4.69) is 16.5 Å². The summed E-state index contributed by atoms with van der Waals surface area (Å²) >= 11 is 6.00. The van der Waals surface area contributed by atoms with Gasteiger partial charge in [0.25, 0.3) is 0 Å². The van der Waals surface area contributed by atoms with E-state index >= 15 is 0 Å². The molecule has 0 aliphatic carbocycles. The average Bonchev–Trinajstić information content (AvgIpc) is 2.93. The van der Waals surface area contributed by atoms with E-state index in [0.717, 1.165) is 11.9 Å². The number of para-hydroxylation sites is 1. The van der Waals surface area contributed by atoms with Crippen LogP contribution in [0, 0.1) is 5.82 Å². The normalized spacial score (nSPS) is 27.3. The van der Waals surface area contributed by atoms with Crippen LogP contribution in [0.15, 0.2) is 18.2 Å². The SMILES string of the molecule is CC1OCCC1(C)n1c(CCl)nc2c(F)cccc21. The predicted molar refractivity (Wildman–Crippen MR) is 72.9 cm³/mol. The smallest absolute Gasteiger partial charge is 0.151 e. The second kappa shape index (κ2) is 4.46. The van der Waals surface area contributed by atoms with Crippen LogP contribution in [0.1, 0.15) is 26.1 Å². The molecule has 1 fully saturated rings. The molecule has 0 spiro atoms. The molecule has 3 nitrogen and oxygen atoms in total. The van der Waals surface area contributed by atoms with Gasteiger partial charge in [-0.05, 0) is 32.4 Å². The highest BCUT2D eigenvalue weighted by molar-refractivity contribution is 6.16. The highest BCUT2D eigenvalue weighted by atomic mass is 35.5. The van der Waals surface area contributed by atoms with Crippen molar-refractivity contribution >= 4 is 22.6 Å². The number of aromatic nitrogens is 2. The molecule has 1 aliphatic heterocycles. The lowest BCUT2D eigenvalue weighted by atomic mass is 9.93. The van der Waals surface area contributed by atoms with E-state index in [9.17, 15) is 4.39 Å². The topological polar surface area (TPSA) is 27.1 Å². The maximum Gasteiger partial charge on any atom is 0.151 e. The summed E-state index contributed by atoms with van der Waals surface area (Å²) in [6.45, 7) is 4.86. The highest BCUT2D eigenvalue weighted by Crippen LogP contribution is 2.37. The Labute approximate surface area is 116 Å². The van der Waals surface area contributed by atoms with Crippen LogP contribution in [0.4, 0.5) is 4.39 Å². The number of nitrogens with zero attached hydrogens (tertiary/aromatic N) is 2. The number of fused-ring (bicyclic) bond motifs is 1. The van der Waals surface area contributed by atoms with E-state index in [-0.39, 0.29) is 23.3 Å². The molecule has 19 heavy (non-hydrogen) atoms. The number of alkyl halides is 1. The predicted octanol–water partition coefficient (Wildman–Crippen LogP) is 3.44. The fraction of sp³-hybridized carbons (Fsp3) is 0.500. The van der Waals surface area contributed by atoms with Gasteiger partial charge in [0.15, 0.2) is 5.82 Å². The summed E-state index contributed by atoms with van der Waals surface area (Å²) in [4.78, 5) is 4.36. The molecule has 2 heterocycles. The third-order valence-electron chi connectivity index (χ3n) is 4.19. The molecule has 1 aromatic heterocycles. The molecule has 2 unspecified atom stereocenters. The van der Waals surface area contributed by atoms with E-state index < -0.39 is 0 Å². The first-order valence-electron chi connectivity index (χ1n) is 6.42. The van der Waals surface area contributed by atoms with Crippen molar-refractivity contribution in [2.75, 3.05) is 6.61 Å². The van der Waals surface area contributed by atoms with Crippen molar-refractivity contribution in [1.29, 1.82) is 0 Å². The Morgan fingerprint density at radius 3 is 3.00 bits per heavy atom. The van der Waals surface area contributed by atoms with Crippen LogP contribution in [0.25, 0.3) is 11.0 Å². The summed E-state index contributed by atoms with van der Waals surface area (Å²) in [7, 11) is 0. The number of imidazole rings is 1. The quantitative estimate of drug-likeness (QED) is 0.789. The van der Waals surface area contributed by atoms with Crippen molar-refractivity contribution in [3.8, 4) is 0 Å². The summed E-state index contributed by atoms with van der Waals surface area (Å²) in [6.07, 6.45) is 0.926. The van der Waals surface area contributed by atoms with Crippen molar-refractivity contribution < 1.29 is 9.13 Å². The summed E-state index contributed by atoms with van der Waals surface area (Å²) in [5.41, 5.74) is 0.946. The van der Waals surface area contributed by atoms with Gasteiger partial charge in [0.2, 0.25) is 0 Å². The molecule has 0 radical (unpaired) electrons. The van der Waals surface area contributed by atoms with Crippen LogP contribution >= 0.6 is 11.6 Å². The van der Waals surface area contributed by atoms with Gasteiger partial charge in [-0.2, -0.15) is 0 Å². The zero-order chi connectivity index (χ0) is 13.6. The first-order chi connectivity index (χ1) is 9.08. The number of ether oxygens (including phenoxy) is 1. The minimum absolute atomic E-state index is 0.0511. The minimum Gasteiger partial charge on any atom is -0.376 e. The molecule has 0 bridgehead atoms. The standard InChI is InChI=1S/C14H16ClFN2O/c1-9-14(2,6-7-19-9)18-11-5-3-4-10(16)13(11)17-12(18)8-15/h3-5,9H,6-8H2,1-2H3. The van der Waals surface area contributed by atoms with Crippen molar-refractivity contribution in [3.63, 3.8) is 0 Å². The molecule has 2 aromatic rings. The van der Waals surface area contributed by atoms with Crippen LogP contribution < -0.4 is 0 Å². The molecule has 1 aliphatic rings. The highest BCUT2D eigenvalue weighted by Gasteiger charge is 2.41. The molecule has 2 atom stereocenters. The van der Waals surface area contributed by atoms with Gasteiger partial charge in [0, 0.05) is 6.61 Å². The van der Waals surface area contributed by atoms with Gasteiger partial charge in [-0.25, -0.2) is 9.37 Å². The van der Waals surface area contributed by atoms with E-state index in [1.807, 2.05) is 13.0 Å². The molecular weight excluding hydrogens is 267 g/mol. The molecule has 3 rings (SSSR count). The van der Waals surface area contributed by atoms with Gasteiger partial charge in [0.1, 0.15) is 11.3 Å². The van der Waals surface area contributed by atoms with Gasteiger partial charge in [0.05, 0.1) is 23.0 Å². The van der Waals surface area contributed by atoms with E-state index in [1.54, 1.807) is 6.07 Å². The lowest BCUT2D eigenvalue weighted by Crippen LogP contribution is -2.37. The maximum absolute atomic E-state index is 13.9. The van der Waals surface area contributed by atoms with Crippen LogP contribution in [-0.4, -0.2) is 22.3 Å². The number of halogens is 2. The van der Waals surface area contributed by atoms with Gasteiger partial charge in [-0.3, -0.25) is 0 Å². The van der Waals surface area contributed by atoms with Gasteiger partial charge in [-0.15, -0.1) is 11.6 Å².